The first-order valence-corrected chi connectivity index (χ1v) is 5.49. The average molecular weight is 246 g/mol. The Morgan fingerprint density at radius 3 is 3.06 bits per heavy atom. The van der Waals surface area contributed by atoms with Crippen LogP contribution in [-0.2, 0) is 4.79 Å². The van der Waals surface area contributed by atoms with E-state index in [1.807, 2.05) is 25.1 Å². The summed E-state index contributed by atoms with van der Waals surface area (Å²) in [6.45, 7) is 3.54. The molecule has 0 saturated carbocycles. The molecule has 1 amide bonds. The Bertz CT molecular complexity index is 616. The second kappa shape index (κ2) is 4.87. The summed E-state index contributed by atoms with van der Waals surface area (Å²) in [5.74, 6) is -0.136. The molecular formula is C12H14N4O2. The van der Waals surface area contributed by atoms with Crippen LogP contribution in [0.1, 0.15) is 12.5 Å². The van der Waals surface area contributed by atoms with Crippen LogP contribution in [0.5, 0.6) is 0 Å². The van der Waals surface area contributed by atoms with Gasteiger partial charge in [-0.25, -0.2) is 0 Å². The lowest BCUT2D eigenvalue weighted by Gasteiger charge is -1.99. The summed E-state index contributed by atoms with van der Waals surface area (Å²) in [5, 5.41) is 2.87. The minimum Gasteiger partial charge on any atom is -0.424 e. The molecule has 1 aromatic carbocycles. The normalized spacial score (nSPS) is 11.8. The predicted octanol–water partition coefficient (Wildman–Crippen LogP) is 1.45. The number of aryl methyl sites for hydroxylation is 1. The van der Waals surface area contributed by atoms with Crippen molar-refractivity contribution in [3.05, 3.63) is 23.8 Å². The van der Waals surface area contributed by atoms with Gasteiger partial charge in [-0.2, -0.15) is 9.98 Å². The number of nitrogens with zero attached hydrogens (tertiary/aromatic N) is 2. The third-order valence-corrected chi connectivity index (χ3v) is 2.26. The molecule has 1 aromatic heterocycles. The van der Waals surface area contributed by atoms with Gasteiger partial charge in [-0.3, -0.25) is 4.79 Å². The topological polar surface area (TPSA) is 93.5 Å². The third kappa shape index (κ3) is 2.85. The van der Waals surface area contributed by atoms with E-state index < -0.39 is 0 Å². The Morgan fingerprint density at radius 2 is 2.33 bits per heavy atom. The maximum atomic E-state index is 10.7. The van der Waals surface area contributed by atoms with Crippen molar-refractivity contribution in [2.75, 3.05) is 11.9 Å². The molecule has 1 heterocycles. The molecule has 6 nitrogen and oxygen atoms in total. The number of amidine groups is 1. The highest BCUT2D eigenvalue weighted by molar-refractivity contribution is 5.94. The number of hydrogen-bond donors (Lipinski definition) is 2. The van der Waals surface area contributed by atoms with Gasteiger partial charge < -0.3 is 15.5 Å². The molecule has 0 aliphatic rings. The van der Waals surface area contributed by atoms with Crippen LogP contribution in [0.25, 0.3) is 11.1 Å². The van der Waals surface area contributed by atoms with Gasteiger partial charge in [0.05, 0.1) is 6.54 Å². The Kier molecular flexibility index (Phi) is 3.27. The zero-order valence-corrected chi connectivity index (χ0v) is 10.2. The Hall–Kier alpha value is -2.37. The molecular weight excluding hydrogens is 232 g/mol. The molecule has 6 heteroatoms. The first-order valence-electron chi connectivity index (χ1n) is 5.49. The number of benzene rings is 1. The molecule has 2 rings (SSSR count). The van der Waals surface area contributed by atoms with E-state index in [9.17, 15) is 4.79 Å². The highest BCUT2D eigenvalue weighted by atomic mass is 16.4. The molecule has 94 valence electrons. The molecule has 0 atom stereocenters. The molecule has 0 bridgehead atoms. The van der Waals surface area contributed by atoms with Crippen molar-refractivity contribution >= 4 is 28.9 Å². The van der Waals surface area contributed by atoms with Gasteiger partial charge >= 0.3 is 0 Å². The number of nitrogens with one attached hydrogen (secondary N) is 1. The van der Waals surface area contributed by atoms with Gasteiger partial charge in [0.15, 0.2) is 5.58 Å². The molecule has 0 aliphatic heterocycles. The smallest absolute Gasteiger partial charge is 0.296 e. The number of nitrogens with two attached hydrogens (primary N) is 1. The summed E-state index contributed by atoms with van der Waals surface area (Å²) in [4.78, 5) is 18.5. The van der Waals surface area contributed by atoms with Crippen LogP contribution in [0.4, 0.5) is 6.01 Å². The van der Waals surface area contributed by atoms with E-state index in [0.29, 0.717) is 11.6 Å². The number of carbonyl (C=O) groups is 1. The van der Waals surface area contributed by atoms with Crippen molar-refractivity contribution in [2.45, 2.75) is 13.8 Å². The van der Waals surface area contributed by atoms with E-state index in [-0.39, 0.29) is 18.3 Å². The lowest BCUT2D eigenvalue weighted by atomic mass is 10.2. The fourth-order valence-electron chi connectivity index (χ4n) is 1.52. The number of aromatic nitrogens is 1. The van der Waals surface area contributed by atoms with Crippen LogP contribution < -0.4 is 11.1 Å². The first-order chi connectivity index (χ1) is 8.54. The summed E-state index contributed by atoms with van der Waals surface area (Å²) < 4.78 is 5.46. The van der Waals surface area contributed by atoms with Crippen molar-refractivity contribution in [3.63, 3.8) is 0 Å². The fraction of sp³-hybridized carbons (Fsp3) is 0.250. The largest absolute Gasteiger partial charge is 0.424 e. The van der Waals surface area contributed by atoms with E-state index in [2.05, 4.69) is 15.3 Å². The number of anilines is 1. The number of oxazole rings is 1. The summed E-state index contributed by atoms with van der Waals surface area (Å²) in [7, 11) is 0. The van der Waals surface area contributed by atoms with Crippen LogP contribution >= 0.6 is 0 Å². The zero-order chi connectivity index (χ0) is 13.1. The number of carbonyl (C=O) groups excluding carboxylic acids is 1. The predicted molar refractivity (Wildman–Crippen MR) is 69.5 cm³/mol. The molecule has 3 N–H and O–H groups in total. The van der Waals surface area contributed by atoms with Crippen LogP contribution in [0.2, 0.25) is 0 Å². The molecule has 0 unspecified atom stereocenters. The maximum absolute atomic E-state index is 10.7. The van der Waals surface area contributed by atoms with Gasteiger partial charge in [0.1, 0.15) is 11.4 Å². The van der Waals surface area contributed by atoms with Crippen LogP contribution in [-0.4, -0.2) is 23.3 Å². The van der Waals surface area contributed by atoms with Gasteiger partial charge in [-0.15, -0.1) is 0 Å². The highest BCUT2D eigenvalue weighted by Crippen LogP contribution is 2.19. The molecule has 18 heavy (non-hydrogen) atoms. The minimum absolute atomic E-state index is 0.195. The quantitative estimate of drug-likeness (QED) is 0.631. The van der Waals surface area contributed by atoms with Crippen molar-refractivity contribution in [1.29, 1.82) is 0 Å². The van der Waals surface area contributed by atoms with Crippen molar-refractivity contribution < 1.29 is 9.21 Å². The van der Waals surface area contributed by atoms with Crippen LogP contribution in [0.3, 0.4) is 0 Å². The van der Waals surface area contributed by atoms with Gasteiger partial charge in [0.25, 0.3) is 6.01 Å². The van der Waals surface area contributed by atoms with Gasteiger partial charge in [0, 0.05) is 6.92 Å². The number of hydrogen-bond acceptors (Lipinski definition) is 4. The van der Waals surface area contributed by atoms with E-state index >= 15 is 0 Å². The summed E-state index contributed by atoms with van der Waals surface area (Å²) in [6, 6.07) is 6.09. The maximum Gasteiger partial charge on any atom is 0.296 e. The van der Waals surface area contributed by atoms with Gasteiger partial charge in [-0.1, -0.05) is 6.07 Å². The van der Waals surface area contributed by atoms with E-state index in [0.717, 1.165) is 11.1 Å². The van der Waals surface area contributed by atoms with Crippen molar-refractivity contribution in [1.82, 2.24) is 4.98 Å². The Balaban J connectivity index is 2.11. The molecule has 0 radical (unpaired) electrons. The highest BCUT2D eigenvalue weighted by Gasteiger charge is 2.05. The number of rotatable bonds is 3. The number of amides is 1. The fourth-order valence-corrected chi connectivity index (χ4v) is 1.52. The SMILES string of the molecule is CC(=O)N=C(N)CNc1nc2cc(C)ccc2o1. The molecule has 0 spiro atoms. The van der Waals surface area contributed by atoms with Crippen molar-refractivity contribution in [3.8, 4) is 0 Å². The minimum atomic E-state index is -0.331. The van der Waals surface area contributed by atoms with Crippen molar-refractivity contribution in [2.24, 2.45) is 10.7 Å². The van der Waals surface area contributed by atoms with E-state index in [1.54, 1.807) is 0 Å². The third-order valence-electron chi connectivity index (χ3n) is 2.26. The second-order valence-corrected chi connectivity index (χ2v) is 3.97. The monoisotopic (exact) mass is 246 g/mol. The van der Waals surface area contributed by atoms with Crippen LogP contribution in [0.15, 0.2) is 27.6 Å². The van der Waals surface area contributed by atoms with Crippen LogP contribution in [0, 0.1) is 6.92 Å². The van der Waals surface area contributed by atoms with E-state index in [4.69, 9.17) is 10.2 Å². The lowest BCUT2D eigenvalue weighted by molar-refractivity contribution is -0.115. The Morgan fingerprint density at radius 1 is 1.56 bits per heavy atom. The lowest BCUT2D eigenvalue weighted by Crippen LogP contribution is -2.23. The number of fused-ring (bicyclic) bond motifs is 1. The molecule has 2 aromatic rings. The second-order valence-electron chi connectivity index (χ2n) is 3.97. The van der Waals surface area contributed by atoms with E-state index in [1.165, 1.54) is 6.92 Å². The average Bonchev–Trinajstić information content (AvgIpc) is 2.67. The standard InChI is InChI=1S/C12H14N4O2/c1-7-3-4-10-9(5-7)16-12(18-10)14-6-11(13)15-8(2)17/h3-5H,6H2,1-2H3,(H,14,16)(H2,13,15,17). The van der Waals surface area contributed by atoms with Gasteiger partial charge in [-0.05, 0) is 24.6 Å². The molecule has 0 aliphatic carbocycles. The number of aliphatic imine (C=N–C) groups is 1. The van der Waals surface area contributed by atoms with Gasteiger partial charge in [0.2, 0.25) is 5.91 Å². The summed E-state index contributed by atoms with van der Waals surface area (Å²) >= 11 is 0. The molecule has 0 saturated heterocycles. The summed E-state index contributed by atoms with van der Waals surface area (Å²) in [5.41, 5.74) is 8.13. The zero-order valence-electron chi connectivity index (χ0n) is 10.2. The first kappa shape index (κ1) is 12.1. The summed E-state index contributed by atoms with van der Waals surface area (Å²) in [6.07, 6.45) is 0. The molecule has 0 fully saturated rings. The Labute approximate surface area is 104 Å².